The molecule has 2 rings (SSSR count). The molecule has 0 aliphatic rings. The van der Waals surface area contributed by atoms with Crippen LogP contribution in [0.5, 0.6) is 5.75 Å². The van der Waals surface area contributed by atoms with Gasteiger partial charge in [-0.25, -0.2) is 5.48 Å². The molecule has 0 fully saturated rings. The van der Waals surface area contributed by atoms with E-state index in [-0.39, 0.29) is 0 Å². The van der Waals surface area contributed by atoms with Crippen molar-refractivity contribution < 1.29 is 9.94 Å². The maximum atomic E-state index is 8.42. The van der Waals surface area contributed by atoms with Crippen LogP contribution in [0, 0.1) is 0 Å². The average Bonchev–Trinajstić information content (AvgIpc) is 2.45. The van der Waals surface area contributed by atoms with Crippen molar-refractivity contribution in [2.75, 3.05) is 13.2 Å². The average molecular weight is 243 g/mol. The lowest BCUT2D eigenvalue weighted by atomic mass is 10.1. The topological polar surface area (TPSA) is 41.5 Å². The molecule has 0 bridgehead atoms. The second-order valence-corrected chi connectivity index (χ2v) is 4.00. The Morgan fingerprint density at radius 2 is 1.56 bits per heavy atom. The molecule has 0 aliphatic heterocycles. The van der Waals surface area contributed by atoms with Gasteiger partial charge in [0.2, 0.25) is 0 Å². The molecule has 0 atom stereocenters. The number of benzene rings is 2. The maximum absolute atomic E-state index is 8.42. The minimum Gasteiger partial charge on any atom is -0.494 e. The first-order valence-corrected chi connectivity index (χ1v) is 6.05. The zero-order chi connectivity index (χ0) is 12.6. The number of ether oxygens (including phenoxy) is 1. The first kappa shape index (κ1) is 12.6. The van der Waals surface area contributed by atoms with Crippen LogP contribution in [-0.4, -0.2) is 18.4 Å². The van der Waals surface area contributed by atoms with Crippen molar-refractivity contribution in [2.45, 2.75) is 6.42 Å². The summed E-state index contributed by atoms with van der Waals surface area (Å²) in [6.45, 7) is 1.14. The maximum Gasteiger partial charge on any atom is 0.119 e. The van der Waals surface area contributed by atoms with Crippen LogP contribution in [-0.2, 0) is 0 Å². The zero-order valence-corrected chi connectivity index (χ0v) is 10.2. The summed E-state index contributed by atoms with van der Waals surface area (Å²) in [7, 11) is 0. The van der Waals surface area contributed by atoms with Gasteiger partial charge in [-0.2, -0.15) is 0 Å². The molecule has 0 aromatic heterocycles. The molecule has 0 saturated heterocycles. The Bertz CT molecular complexity index is 454. The molecule has 18 heavy (non-hydrogen) atoms. The van der Waals surface area contributed by atoms with Gasteiger partial charge in [-0.15, -0.1) is 0 Å². The van der Waals surface area contributed by atoms with Crippen molar-refractivity contribution in [3.8, 4) is 16.9 Å². The van der Waals surface area contributed by atoms with E-state index in [0.29, 0.717) is 13.2 Å². The highest BCUT2D eigenvalue weighted by atomic mass is 16.5. The summed E-state index contributed by atoms with van der Waals surface area (Å²) in [4.78, 5) is 0. The van der Waals surface area contributed by atoms with Crippen LogP contribution >= 0.6 is 0 Å². The lowest BCUT2D eigenvalue weighted by molar-refractivity contribution is 0.157. The van der Waals surface area contributed by atoms with Crippen LogP contribution in [0.15, 0.2) is 54.6 Å². The van der Waals surface area contributed by atoms with E-state index < -0.39 is 0 Å². The third-order valence-corrected chi connectivity index (χ3v) is 2.66. The normalized spacial score (nSPS) is 10.3. The van der Waals surface area contributed by atoms with Gasteiger partial charge in [-0.3, -0.25) is 0 Å². The third kappa shape index (κ3) is 3.58. The molecule has 0 amide bonds. The van der Waals surface area contributed by atoms with Gasteiger partial charge in [0.25, 0.3) is 0 Å². The van der Waals surface area contributed by atoms with Crippen molar-refractivity contribution in [1.29, 1.82) is 0 Å². The number of rotatable bonds is 6. The molecule has 3 heteroatoms. The van der Waals surface area contributed by atoms with Gasteiger partial charge in [-0.05, 0) is 29.7 Å². The van der Waals surface area contributed by atoms with Gasteiger partial charge in [0.15, 0.2) is 0 Å². The monoisotopic (exact) mass is 243 g/mol. The number of hydroxylamine groups is 1. The van der Waals surface area contributed by atoms with Crippen molar-refractivity contribution >= 4 is 0 Å². The molecule has 0 saturated carbocycles. The first-order valence-electron chi connectivity index (χ1n) is 6.05. The summed E-state index contributed by atoms with van der Waals surface area (Å²) in [6.07, 6.45) is 0.775. The predicted octanol–water partition coefficient (Wildman–Crippen LogP) is 3.10. The number of hydrogen-bond acceptors (Lipinski definition) is 3. The van der Waals surface area contributed by atoms with Gasteiger partial charge in [0.1, 0.15) is 5.75 Å². The summed E-state index contributed by atoms with van der Waals surface area (Å²) in [5.74, 6) is 0.854. The van der Waals surface area contributed by atoms with Gasteiger partial charge < -0.3 is 9.94 Å². The first-order chi connectivity index (χ1) is 8.90. The van der Waals surface area contributed by atoms with E-state index in [1.807, 2.05) is 30.3 Å². The molecule has 2 aromatic rings. The largest absolute Gasteiger partial charge is 0.494 e. The highest BCUT2D eigenvalue weighted by molar-refractivity contribution is 5.63. The molecular weight excluding hydrogens is 226 g/mol. The van der Waals surface area contributed by atoms with Crippen molar-refractivity contribution in [3.05, 3.63) is 54.6 Å². The SMILES string of the molecule is ONCCCOc1ccc(-c2ccccc2)cc1. The highest BCUT2D eigenvalue weighted by Crippen LogP contribution is 2.21. The number of nitrogens with one attached hydrogen (secondary N) is 1. The van der Waals surface area contributed by atoms with E-state index in [1.165, 1.54) is 11.1 Å². The Labute approximate surface area is 107 Å². The van der Waals surface area contributed by atoms with Gasteiger partial charge in [0, 0.05) is 6.54 Å². The molecule has 2 aromatic carbocycles. The van der Waals surface area contributed by atoms with E-state index in [9.17, 15) is 0 Å². The standard InChI is InChI=1S/C15H17NO2/c17-16-11-4-12-18-15-9-7-14(8-10-15)13-5-2-1-3-6-13/h1-3,5-10,16-17H,4,11-12H2. The third-order valence-electron chi connectivity index (χ3n) is 2.66. The van der Waals surface area contributed by atoms with Gasteiger partial charge in [-0.1, -0.05) is 42.5 Å². The van der Waals surface area contributed by atoms with Crippen LogP contribution in [0.2, 0.25) is 0 Å². The van der Waals surface area contributed by atoms with E-state index >= 15 is 0 Å². The highest BCUT2D eigenvalue weighted by Gasteiger charge is 1.97. The van der Waals surface area contributed by atoms with Crippen LogP contribution in [0.25, 0.3) is 11.1 Å². The van der Waals surface area contributed by atoms with Crippen LogP contribution < -0.4 is 10.2 Å². The van der Waals surface area contributed by atoms with Gasteiger partial charge >= 0.3 is 0 Å². The van der Waals surface area contributed by atoms with Gasteiger partial charge in [0.05, 0.1) is 6.61 Å². The van der Waals surface area contributed by atoms with E-state index in [2.05, 4.69) is 29.7 Å². The molecule has 0 heterocycles. The summed E-state index contributed by atoms with van der Waals surface area (Å²) in [6, 6.07) is 18.3. The van der Waals surface area contributed by atoms with E-state index in [0.717, 1.165) is 12.2 Å². The van der Waals surface area contributed by atoms with Crippen LogP contribution in [0.3, 0.4) is 0 Å². The van der Waals surface area contributed by atoms with Crippen LogP contribution in [0.1, 0.15) is 6.42 Å². The molecular formula is C15H17NO2. The molecule has 94 valence electrons. The number of hydrogen-bond donors (Lipinski definition) is 2. The Morgan fingerprint density at radius 3 is 2.22 bits per heavy atom. The molecule has 0 aliphatic carbocycles. The smallest absolute Gasteiger partial charge is 0.119 e. The fraction of sp³-hybridized carbons (Fsp3) is 0.200. The minimum atomic E-state index is 0.544. The summed E-state index contributed by atoms with van der Waals surface area (Å²) in [5.41, 5.74) is 4.49. The molecule has 3 nitrogen and oxygen atoms in total. The Balaban J connectivity index is 1.94. The van der Waals surface area contributed by atoms with Crippen molar-refractivity contribution in [3.63, 3.8) is 0 Å². The molecule has 0 radical (unpaired) electrons. The van der Waals surface area contributed by atoms with Crippen molar-refractivity contribution in [2.24, 2.45) is 0 Å². The lowest BCUT2D eigenvalue weighted by Crippen LogP contribution is -2.12. The van der Waals surface area contributed by atoms with Crippen molar-refractivity contribution in [1.82, 2.24) is 5.48 Å². The summed E-state index contributed by atoms with van der Waals surface area (Å²) < 4.78 is 5.55. The molecule has 0 spiro atoms. The molecule has 2 N–H and O–H groups in total. The minimum absolute atomic E-state index is 0.544. The quantitative estimate of drug-likeness (QED) is 0.605. The zero-order valence-electron chi connectivity index (χ0n) is 10.2. The molecule has 0 unspecified atom stereocenters. The van der Waals surface area contributed by atoms with Crippen LogP contribution in [0.4, 0.5) is 0 Å². The van der Waals surface area contributed by atoms with E-state index in [1.54, 1.807) is 0 Å². The predicted molar refractivity (Wildman–Crippen MR) is 71.8 cm³/mol. The fourth-order valence-corrected chi connectivity index (χ4v) is 1.72. The summed E-state index contributed by atoms with van der Waals surface area (Å²) >= 11 is 0. The Morgan fingerprint density at radius 1 is 0.889 bits per heavy atom. The Kier molecular flexibility index (Phi) is 4.76. The Hall–Kier alpha value is -1.84. The second-order valence-electron chi connectivity index (χ2n) is 4.00. The fourth-order valence-electron chi connectivity index (χ4n) is 1.72. The second kappa shape index (κ2) is 6.79. The lowest BCUT2D eigenvalue weighted by Gasteiger charge is -2.07. The summed E-state index contributed by atoms with van der Waals surface area (Å²) in [5, 5.41) is 8.42. The van der Waals surface area contributed by atoms with E-state index in [4.69, 9.17) is 9.94 Å².